The lowest BCUT2D eigenvalue weighted by atomic mass is 10.0. The molecule has 20 heavy (non-hydrogen) atoms. The molecule has 1 atom stereocenters. The van der Waals surface area contributed by atoms with Gasteiger partial charge in [-0.05, 0) is 18.4 Å². The monoisotopic (exact) mass is 309 g/mol. The van der Waals surface area contributed by atoms with Crippen LogP contribution in [0.5, 0.6) is 5.88 Å². The minimum Gasteiger partial charge on any atom is -0.477 e. The first kappa shape index (κ1) is 17.1. The zero-order valence-corrected chi connectivity index (χ0v) is 12.4. The summed E-state index contributed by atoms with van der Waals surface area (Å²) in [4.78, 5) is 3.78. The Morgan fingerprint density at radius 3 is 2.55 bits per heavy atom. The molecule has 0 aliphatic carbocycles. The molecule has 1 unspecified atom stereocenters. The molecule has 0 bridgehead atoms. The third-order valence-electron chi connectivity index (χ3n) is 3.11. The van der Waals surface area contributed by atoms with E-state index in [0.717, 1.165) is 37.8 Å². The van der Waals surface area contributed by atoms with E-state index in [1.54, 1.807) is 0 Å². The topological polar surface area (TPSA) is 22.1 Å². The first-order valence-corrected chi connectivity index (χ1v) is 7.12. The van der Waals surface area contributed by atoms with E-state index in [-0.39, 0.29) is 11.0 Å². The fourth-order valence-corrected chi connectivity index (χ4v) is 2.01. The van der Waals surface area contributed by atoms with Crippen LogP contribution >= 0.6 is 11.6 Å². The van der Waals surface area contributed by atoms with Crippen molar-refractivity contribution in [3.05, 3.63) is 22.8 Å². The van der Waals surface area contributed by atoms with Crippen LogP contribution in [0.4, 0.5) is 13.2 Å². The van der Waals surface area contributed by atoms with Crippen molar-refractivity contribution in [1.29, 1.82) is 0 Å². The first-order chi connectivity index (χ1) is 9.36. The van der Waals surface area contributed by atoms with Gasteiger partial charge < -0.3 is 4.74 Å². The summed E-state index contributed by atoms with van der Waals surface area (Å²) in [5.41, 5.74) is -0.839. The Morgan fingerprint density at radius 2 is 2.00 bits per heavy atom. The third-order valence-corrected chi connectivity index (χ3v) is 3.30. The van der Waals surface area contributed by atoms with E-state index in [9.17, 15) is 13.2 Å². The van der Waals surface area contributed by atoms with Gasteiger partial charge in [0.15, 0.2) is 0 Å². The Bertz CT molecular complexity index is 423. The number of aromatic nitrogens is 1. The number of halogens is 4. The summed E-state index contributed by atoms with van der Waals surface area (Å²) in [5.74, 6) is 0.254. The molecular weight excluding hydrogens is 291 g/mol. The maximum absolute atomic E-state index is 12.6. The molecule has 0 amide bonds. The molecule has 0 aliphatic heterocycles. The van der Waals surface area contributed by atoms with Crippen LogP contribution in [0.3, 0.4) is 0 Å². The zero-order valence-electron chi connectivity index (χ0n) is 11.6. The Kier molecular flexibility index (Phi) is 6.59. The fourth-order valence-electron chi connectivity index (χ4n) is 1.81. The molecular formula is C14H19ClF3NO. The second-order valence-corrected chi connectivity index (χ2v) is 5.13. The number of nitrogens with zero attached hydrogens (tertiary/aromatic N) is 1. The molecule has 0 N–H and O–H groups in total. The molecule has 1 aromatic heterocycles. The van der Waals surface area contributed by atoms with Crippen molar-refractivity contribution < 1.29 is 17.9 Å². The van der Waals surface area contributed by atoms with Gasteiger partial charge in [-0.15, -0.1) is 0 Å². The number of alkyl halides is 3. The lowest BCUT2D eigenvalue weighted by Crippen LogP contribution is -2.13. The third kappa shape index (κ3) is 5.57. The standard InChI is InChI=1S/C14H19ClF3NO/c1-3-5-6-10(4-2)9-20-13-8-11(14(16,17)18)7-12(15)19-13/h7-8,10H,3-6,9H2,1-2H3. The molecule has 0 aliphatic rings. The molecule has 6 heteroatoms. The van der Waals surface area contributed by atoms with Gasteiger partial charge in [0.05, 0.1) is 12.2 Å². The quantitative estimate of drug-likeness (QED) is 0.633. The number of pyridine rings is 1. The van der Waals surface area contributed by atoms with Gasteiger partial charge in [-0.1, -0.05) is 44.7 Å². The highest BCUT2D eigenvalue weighted by Crippen LogP contribution is 2.32. The van der Waals surface area contributed by atoms with Crippen LogP contribution in [-0.4, -0.2) is 11.6 Å². The second kappa shape index (κ2) is 7.72. The Balaban J connectivity index is 2.70. The minimum atomic E-state index is -4.45. The minimum absolute atomic E-state index is 0.0697. The molecule has 1 aromatic rings. The summed E-state index contributed by atoms with van der Waals surface area (Å²) >= 11 is 5.60. The van der Waals surface area contributed by atoms with Gasteiger partial charge in [-0.25, -0.2) is 4.98 Å². The number of ether oxygens (including phenoxy) is 1. The summed E-state index contributed by atoms with van der Waals surface area (Å²) in [6.45, 7) is 4.50. The zero-order chi connectivity index (χ0) is 15.2. The highest BCUT2D eigenvalue weighted by Gasteiger charge is 2.31. The molecule has 1 heterocycles. The van der Waals surface area contributed by atoms with Crippen LogP contribution in [0.15, 0.2) is 12.1 Å². The SMILES string of the molecule is CCCCC(CC)COc1cc(C(F)(F)F)cc(Cl)n1. The van der Waals surface area contributed by atoms with Crippen molar-refractivity contribution in [3.63, 3.8) is 0 Å². The van der Waals surface area contributed by atoms with Gasteiger partial charge in [0.25, 0.3) is 0 Å². The van der Waals surface area contributed by atoms with Crippen LogP contribution in [0.25, 0.3) is 0 Å². The maximum atomic E-state index is 12.6. The summed E-state index contributed by atoms with van der Waals surface area (Å²) in [5, 5.41) is -0.212. The molecule has 0 spiro atoms. The normalized spacial score (nSPS) is 13.3. The average molecular weight is 310 g/mol. The average Bonchev–Trinajstić information content (AvgIpc) is 2.37. The number of rotatable bonds is 7. The van der Waals surface area contributed by atoms with Crippen LogP contribution in [0.1, 0.15) is 45.1 Å². The maximum Gasteiger partial charge on any atom is 0.416 e. The van der Waals surface area contributed by atoms with Gasteiger partial charge in [-0.2, -0.15) is 13.2 Å². The Hall–Kier alpha value is -0.970. The van der Waals surface area contributed by atoms with Crippen molar-refractivity contribution in [2.24, 2.45) is 5.92 Å². The Morgan fingerprint density at radius 1 is 1.30 bits per heavy atom. The number of unbranched alkanes of at least 4 members (excludes halogenated alkanes) is 1. The lowest BCUT2D eigenvalue weighted by Gasteiger charge is -2.16. The van der Waals surface area contributed by atoms with E-state index in [2.05, 4.69) is 11.9 Å². The number of hydrogen-bond donors (Lipinski definition) is 0. The van der Waals surface area contributed by atoms with Gasteiger partial charge >= 0.3 is 6.18 Å². The Labute approximate surface area is 122 Å². The van der Waals surface area contributed by atoms with E-state index in [1.165, 1.54) is 0 Å². The van der Waals surface area contributed by atoms with Crippen molar-refractivity contribution >= 4 is 11.6 Å². The van der Waals surface area contributed by atoms with E-state index in [4.69, 9.17) is 16.3 Å². The molecule has 114 valence electrons. The second-order valence-electron chi connectivity index (χ2n) is 4.74. The summed E-state index contributed by atoms with van der Waals surface area (Å²) in [7, 11) is 0. The molecule has 0 saturated carbocycles. The fraction of sp³-hybridized carbons (Fsp3) is 0.643. The van der Waals surface area contributed by atoms with Gasteiger partial charge in [0.1, 0.15) is 5.15 Å². The predicted octanol–water partition coefficient (Wildman–Crippen LogP) is 5.35. The first-order valence-electron chi connectivity index (χ1n) is 6.74. The van der Waals surface area contributed by atoms with Crippen LogP contribution in [-0.2, 0) is 6.18 Å². The van der Waals surface area contributed by atoms with Crippen molar-refractivity contribution in [3.8, 4) is 5.88 Å². The molecule has 0 fully saturated rings. The molecule has 0 radical (unpaired) electrons. The molecule has 0 saturated heterocycles. The van der Waals surface area contributed by atoms with Gasteiger partial charge in [-0.3, -0.25) is 0 Å². The van der Waals surface area contributed by atoms with E-state index < -0.39 is 11.7 Å². The predicted molar refractivity (Wildman–Crippen MR) is 73.1 cm³/mol. The van der Waals surface area contributed by atoms with Gasteiger partial charge in [0, 0.05) is 6.07 Å². The largest absolute Gasteiger partial charge is 0.477 e. The van der Waals surface area contributed by atoms with Gasteiger partial charge in [0.2, 0.25) is 5.88 Å². The number of hydrogen-bond acceptors (Lipinski definition) is 2. The van der Waals surface area contributed by atoms with Crippen LogP contribution < -0.4 is 4.74 Å². The van der Waals surface area contributed by atoms with Crippen molar-refractivity contribution in [2.45, 2.75) is 45.7 Å². The molecule has 1 rings (SSSR count). The summed E-state index contributed by atoms with van der Waals surface area (Å²) in [6.07, 6.45) is -0.355. The summed E-state index contributed by atoms with van der Waals surface area (Å²) < 4.78 is 43.3. The molecule has 0 aromatic carbocycles. The molecule has 2 nitrogen and oxygen atoms in total. The van der Waals surface area contributed by atoms with Crippen molar-refractivity contribution in [2.75, 3.05) is 6.61 Å². The van der Waals surface area contributed by atoms with Crippen molar-refractivity contribution in [1.82, 2.24) is 4.98 Å². The van der Waals surface area contributed by atoms with E-state index >= 15 is 0 Å². The van der Waals surface area contributed by atoms with Crippen LogP contribution in [0, 0.1) is 5.92 Å². The highest BCUT2D eigenvalue weighted by atomic mass is 35.5. The lowest BCUT2D eigenvalue weighted by molar-refractivity contribution is -0.137. The van der Waals surface area contributed by atoms with E-state index in [0.29, 0.717) is 12.5 Å². The summed E-state index contributed by atoms with van der Waals surface area (Å²) in [6, 6.07) is 1.68. The van der Waals surface area contributed by atoms with Crippen LogP contribution in [0.2, 0.25) is 5.15 Å². The smallest absolute Gasteiger partial charge is 0.416 e. The highest BCUT2D eigenvalue weighted by molar-refractivity contribution is 6.29. The van der Waals surface area contributed by atoms with E-state index in [1.807, 2.05) is 6.92 Å².